The van der Waals surface area contributed by atoms with E-state index in [1.165, 1.54) is 0 Å². The zero-order valence-corrected chi connectivity index (χ0v) is 12.0. The van der Waals surface area contributed by atoms with Gasteiger partial charge in [-0.3, -0.25) is 0 Å². The number of fused-ring (bicyclic) bond motifs is 5. The largest absolute Gasteiger partial charge is 0.0636 e. The molecule has 6 aromatic carbocycles. The molecule has 0 spiro atoms. The fraction of sp³-hybridized carbons (Fsp3) is 0. The topological polar surface area (TPSA) is 0 Å². The van der Waals surface area contributed by atoms with Crippen molar-refractivity contribution < 1.29 is 19.2 Å². The summed E-state index contributed by atoms with van der Waals surface area (Å²) in [4.78, 5) is 0. The minimum atomic E-state index is -0.636. The molecule has 0 aromatic heterocycles. The van der Waals surface area contributed by atoms with Crippen molar-refractivity contribution in [2.24, 2.45) is 0 Å². The van der Waals surface area contributed by atoms with Gasteiger partial charge in [0.25, 0.3) is 0 Å². The molecule has 0 saturated carbocycles. The lowest BCUT2D eigenvalue weighted by molar-refractivity contribution is 1.78. The average molecular weight is 316 g/mol. The van der Waals surface area contributed by atoms with Crippen LogP contribution in [0.3, 0.4) is 0 Å². The number of hydrogen-bond donors (Lipinski definition) is 0. The van der Waals surface area contributed by atoms with E-state index in [2.05, 4.69) is 0 Å². The second kappa shape index (κ2) is 4.24. The van der Waals surface area contributed by atoms with Gasteiger partial charge >= 0.3 is 0 Å². The van der Waals surface area contributed by atoms with Crippen molar-refractivity contribution in [2.45, 2.75) is 0 Å². The Morgan fingerprint density at radius 1 is 0.417 bits per heavy atom. The van der Waals surface area contributed by atoms with Crippen LogP contribution in [0.4, 0.5) is 0 Å². The first-order chi connectivity index (χ1) is 17.7. The average Bonchev–Trinajstić information content (AvgIpc) is 2.89. The number of rotatable bonds is 0. The summed E-state index contributed by atoms with van der Waals surface area (Å²) in [5, 5.41) is -1.54. The van der Waals surface area contributed by atoms with E-state index in [0.29, 0.717) is 0 Å². The molecule has 0 saturated heterocycles. The molecule has 0 fully saturated rings. The maximum atomic E-state index is 8.91. The van der Waals surface area contributed by atoms with E-state index >= 15 is 0 Å². The molecule has 6 aromatic rings. The van der Waals surface area contributed by atoms with Gasteiger partial charge in [0.1, 0.15) is 0 Å². The van der Waals surface area contributed by atoms with Crippen molar-refractivity contribution >= 4 is 53.9 Å². The molecule has 0 heteroatoms. The summed E-state index contributed by atoms with van der Waals surface area (Å²) in [5.74, 6) is 0. The summed E-state index contributed by atoms with van der Waals surface area (Å²) in [6.45, 7) is 0. The Hall–Kier alpha value is -3.12. The van der Waals surface area contributed by atoms with Crippen molar-refractivity contribution in [1.29, 1.82) is 0 Å². The third kappa shape index (κ3) is 1.39. The van der Waals surface area contributed by atoms with Crippen LogP contribution in [0.5, 0.6) is 0 Å². The van der Waals surface area contributed by atoms with Crippen LogP contribution >= 0.6 is 0 Å². The molecule has 0 aliphatic heterocycles. The SMILES string of the molecule is [2H]c1c([2H])c([2H])c2c(c1[2H])c([2H])c1c([2H])c([2H])c3c([2H])c([2H])c([2H])c4c5c([2H])c([2H])c([2H])c([2H])c5c2c1c34. The molecule has 0 nitrogen and oxygen atoms in total. The van der Waals surface area contributed by atoms with Gasteiger partial charge in [-0.2, -0.15) is 0 Å². The molecule has 0 aliphatic rings. The molecular weight excluding hydrogens is 288 g/mol. The second-order valence-corrected chi connectivity index (χ2v) is 5.50. The third-order valence-electron chi connectivity index (χ3n) is 4.31. The van der Waals surface area contributed by atoms with E-state index in [4.69, 9.17) is 19.2 Å². The number of hydrogen-bond acceptors (Lipinski definition) is 0. The van der Waals surface area contributed by atoms with Gasteiger partial charge in [-0.1, -0.05) is 78.6 Å². The zero-order valence-electron chi connectivity index (χ0n) is 26.0. The highest BCUT2D eigenvalue weighted by Gasteiger charge is 2.14. The van der Waals surface area contributed by atoms with Crippen LogP contribution in [0, 0.1) is 0 Å². The van der Waals surface area contributed by atoms with E-state index in [0.717, 1.165) is 0 Å². The highest BCUT2D eigenvalue weighted by atomic mass is 14.2. The van der Waals surface area contributed by atoms with Crippen molar-refractivity contribution in [3.05, 3.63) is 84.6 Å². The normalized spacial score (nSPS) is 20.3. The van der Waals surface area contributed by atoms with Crippen LogP contribution in [0.2, 0.25) is 0 Å². The van der Waals surface area contributed by atoms with Gasteiger partial charge in [0, 0.05) is 0 Å². The van der Waals surface area contributed by atoms with E-state index < -0.39 is 84.6 Å². The molecule has 0 amide bonds. The Kier molecular flexibility index (Phi) is 0.917. The van der Waals surface area contributed by atoms with Crippen molar-refractivity contribution in [3.63, 3.8) is 0 Å². The van der Waals surface area contributed by atoms with Crippen LogP contribution in [0.1, 0.15) is 19.2 Å². The summed E-state index contributed by atoms with van der Waals surface area (Å²) in [6.07, 6.45) is 0. The lowest BCUT2D eigenvalue weighted by Gasteiger charge is -2.16. The minimum absolute atomic E-state index is 0.0157. The van der Waals surface area contributed by atoms with Crippen molar-refractivity contribution in [3.8, 4) is 0 Å². The van der Waals surface area contributed by atoms with E-state index in [1.54, 1.807) is 0 Å². The van der Waals surface area contributed by atoms with Crippen molar-refractivity contribution in [2.75, 3.05) is 0 Å². The molecule has 0 heterocycles. The van der Waals surface area contributed by atoms with E-state index in [-0.39, 0.29) is 53.9 Å². The molecule has 110 valence electrons. The predicted molar refractivity (Wildman–Crippen MR) is 105 cm³/mol. The Balaban J connectivity index is 2.27. The van der Waals surface area contributed by atoms with Gasteiger partial charge in [0.05, 0.1) is 19.2 Å². The first-order valence-electron chi connectivity index (χ1n) is 14.2. The summed E-state index contributed by atoms with van der Waals surface area (Å²) in [6, 6.07) is -7.99. The summed E-state index contributed by atoms with van der Waals surface area (Å²) in [5.41, 5.74) is 0. The van der Waals surface area contributed by atoms with Gasteiger partial charge in [0.15, 0.2) is 0 Å². The Morgan fingerprint density at radius 3 is 1.96 bits per heavy atom. The molecule has 0 radical (unpaired) electrons. The van der Waals surface area contributed by atoms with Gasteiger partial charge in [-0.25, -0.2) is 0 Å². The van der Waals surface area contributed by atoms with Crippen LogP contribution in [0.25, 0.3) is 53.9 Å². The monoisotopic (exact) mass is 316 g/mol. The van der Waals surface area contributed by atoms with Crippen LogP contribution < -0.4 is 0 Å². The molecule has 0 atom stereocenters. The van der Waals surface area contributed by atoms with E-state index in [1.807, 2.05) is 0 Å². The second-order valence-electron chi connectivity index (χ2n) is 5.50. The molecule has 24 heavy (non-hydrogen) atoms. The maximum Gasteiger partial charge on any atom is 0.0636 e. The lowest BCUT2D eigenvalue weighted by Crippen LogP contribution is -1.88. The lowest BCUT2D eigenvalue weighted by atomic mass is 9.87. The molecule has 0 unspecified atom stereocenters. The highest BCUT2D eigenvalue weighted by molar-refractivity contribution is 6.38. The summed E-state index contributed by atoms with van der Waals surface area (Å²) in [7, 11) is 0. The molecule has 0 bridgehead atoms. The highest BCUT2D eigenvalue weighted by Crippen LogP contribution is 2.43. The Morgan fingerprint density at radius 2 is 1.04 bits per heavy atom. The van der Waals surface area contributed by atoms with Crippen LogP contribution in [0.15, 0.2) is 84.6 Å². The van der Waals surface area contributed by atoms with Gasteiger partial charge in [-0.05, 0) is 59.9 Å². The van der Waals surface area contributed by atoms with Crippen molar-refractivity contribution in [1.82, 2.24) is 0 Å². The number of benzene rings is 6. The maximum absolute atomic E-state index is 8.91. The van der Waals surface area contributed by atoms with E-state index in [9.17, 15) is 0 Å². The summed E-state index contributed by atoms with van der Waals surface area (Å²) >= 11 is 0. The molecular formula is C24H14. The van der Waals surface area contributed by atoms with Gasteiger partial charge in [-0.15, -0.1) is 0 Å². The first kappa shape index (κ1) is 5.19. The minimum Gasteiger partial charge on any atom is -0.0616 e. The smallest absolute Gasteiger partial charge is 0.0616 e. The third-order valence-corrected chi connectivity index (χ3v) is 4.31. The summed E-state index contributed by atoms with van der Waals surface area (Å²) < 4.78 is 120. The van der Waals surface area contributed by atoms with Crippen LogP contribution in [-0.4, -0.2) is 0 Å². The Bertz CT molecular complexity index is 2100. The predicted octanol–water partition coefficient (Wildman–Crippen LogP) is 6.89. The first-order valence-corrected chi connectivity index (χ1v) is 7.25. The molecule has 6 rings (SSSR count). The van der Waals surface area contributed by atoms with Gasteiger partial charge in [0.2, 0.25) is 0 Å². The Labute approximate surface area is 158 Å². The molecule has 0 N–H and O–H groups in total. The fourth-order valence-corrected chi connectivity index (χ4v) is 3.38. The quantitative estimate of drug-likeness (QED) is 0.211. The van der Waals surface area contributed by atoms with Crippen LogP contribution in [-0.2, 0) is 0 Å². The molecule has 0 aliphatic carbocycles. The zero-order chi connectivity index (χ0) is 27.9. The van der Waals surface area contributed by atoms with Gasteiger partial charge < -0.3 is 0 Å². The fourth-order valence-electron chi connectivity index (χ4n) is 3.38. The standard InChI is InChI=1S/C24H14/c1-2-8-18-16(6-1)14-17-13-12-15-7-5-11-20-19-9-3-4-10-21(19)24(18)23(17)22(15)20/h1-14H/i1D,2D,3D,4D,5D,6D,7D,8D,9D,10D,11D,12D,13D,14D.